The van der Waals surface area contributed by atoms with Gasteiger partial charge < -0.3 is 18.9 Å². The lowest BCUT2D eigenvalue weighted by molar-refractivity contribution is -0.122. The number of ether oxygens (including phenoxy) is 4. The Kier molecular flexibility index (Phi) is 11.8. The highest BCUT2D eigenvalue weighted by atomic mass is 32.2. The first-order valence-electron chi connectivity index (χ1n) is 14.9. The summed E-state index contributed by atoms with van der Waals surface area (Å²) in [5, 5.41) is 0.942. The number of amides is 1. The molecule has 15 heteroatoms. The summed E-state index contributed by atoms with van der Waals surface area (Å²) in [5.41, 5.74) is 0. The molecule has 2 aromatic carbocycles. The number of carbonyl (C=O) groups is 4. The van der Waals surface area contributed by atoms with E-state index in [-0.39, 0.29) is 65.3 Å². The number of benzene rings is 2. The highest BCUT2D eigenvalue weighted by molar-refractivity contribution is 7.89. The highest BCUT2D eigenvalue weighted by Crippen LogP contribution is 2.41. The number of ketones is 3. The predicted octanol–water partition coefficient (Wildman–Crippen LogP) is 6.20. The lowest BCUT2D eigenvalue weighted by atomic mass is 10.0. The minimum absolute atomic E-state index is 0.0374. The van der Waals surface area contributed by atoms with Crippen LogP contribution < -0.4 is 23.7 Å². The number of fused-ring (bicyclic) bond motifs is 2. The molecular formula is C33H36FNO10S3. The fraction of sp³-hybridized carbons (Fsp3) is 0.394. The average Bonchev–Trinajstić information content (AvgIpc) is 3.64. The number of carbonyl (C=O) groups excluding carboxylic acids is 4. The molecule has 0 saturated heterocycles. The Balaban J connectivity index is 1.40. The van der Waals surface area contributed by atoms with Gasteiger partial charge in [0.2, 0.25) is 15.9 Å². The second-order valence-corrected chi connectivity index (χ2v) is 15.3. The third-order valence-corrected chi connectivity index (χ3v) is 10.3. The number of methoxy groups -OCH3 is 2. The van der Waals surface area contributed by atoms with E-state index in [9.17, 15) is 27.6 Å². The van der Waals surface area contributed by atoms with E-state index in [1.165, 1.54) is 45.5 Å². The molecule has 2 heterocycles. The number of nitrogens with one attached hydrogen (secondary N) is 1. The number of rotatable bonds is 17. The van der Waals surface area contributed by atoms with Gasteiger partial charge in [-0.25, -0.2) is 12.8 Å². The van der Waals surface area contributed by atoms with Gasteiger partial charge in [0, 0.05) is 58.0 Å². The third kappa shape index (κ3) is 8.88. The lowest BCUT2D eigenvalue weighted by Crippen LogP contribution is -2.34. The van der Waals surface area contributed by atoms with Crippen molar-refractivity contribution in [2.45, 2.75) is 40.0 Å². The summed E-state index contributed by atoms with van der Waals surface area (Å²) in [6.45, 7) is 4.90. The molecule has 2 atom stereocenters. The maximum Gasteiger partial charge on any atom is 0.236 e. The van der Waals surface area contributed by atoms with Gasteiger partial charge in [-0.15, -0.1) is 22.7 Å². The van der Waals surface area contributed by atoms with Gasteiger partial charge in [-0.2, -0.15) is 0 Å². The molecule has 2 aromatic heterocycles. The first kappa shape index (κ1) is 36.8. The van der Waals surface area contributed by atoms with E-state index in [0.29, 0.717) is 27.5 Å². The van der Waals surface area contributed by atoms with E-state index >= 15 is 4.39 Å². The normalized spacial score (nSPS) is 12.8. The van der Waals surface area contributed by atoms with Gasteiger partial charge in [-0.05, 0) is 30.5 Å². The van der Waals surface area contributed by atoms with Gasteiger partial charge in [0.15, 0.2) is 40.4 Å². The van der Waals surface area contributed by atoms with Crippen molar-refractivity contribution in [3.8, 4) is 23.0 Å². The molecule has 4 aromatic rings. The Labute approximate surface area is 285 Å². The van der Waals surface area contributed by atoms with Gasteiger partial charge in [0.05, 0.1) is 43.4 Å². The second-order valence-electron chi connectivity index (χ2n) is 11.4. The van der Waals surface area contributed by atoms with Crippen LogP contribution in [0, 0.1) is 17.7 Å². The van der Waals surface area contributed by atoms with Crippen molar-refractivity contribution in [2.75, 3.05) is 33.7 Å². The number of hydrogen-bond donors (Lipinski definition) is 1. The van der Waals surface area contributed by atoms with Crippen LogP contribution in [0.3, 0.4) is 0 Å². The summed E-state index contributed by atoms with van der Waals surface area (Å²) in [6, 6.07) is 8.28. The van der Waals surface area contributed by atoms with Crippen LogP contribution in [0.5, 0.6) is 23.0 Å². The molecule has 1 N–H and O–H groups in total. The van der Waals surface area contributed by atoms with Crippen molar-refractivity contribution in [1.82, 2.24) is 4.72 Å². The van der Waals surface area contributed by atoms with E-state index in [1.807, 2.05) is 4.72 Å². The van der Waals surface area contributed by atoms with Crippen LogP contribution in [-0.4, -0.2) is 65.4 Å². The molecule has 11 nitrogen and oxygen atoms in total. The van der Waals surface area contributed by atoms with Gasteiger partial charge in [-0.1, -0.05) is 13.8 Å². The first-order chi connectivity index (χ1) is 22.6. The number of thiophene rings is 2. The van der Waals surface area contributed by atoms with Crippen LogP contribution in [0.1, 0.15) is 59.4 Å². The SMILES string of the molecule is COc1cc2sc(C(=O)C[C@H](C)C(C)=O)cc2cc1OCCCOc1c(OC)cc2sc(C(=O)C[C@H](C)C(=O)NS(C)(=O)=O)cc2c1F. The zero-order valence-electron chi connectivity index (χ0n) is 27.3. The number of sulfonamides is 1. The quantitative estimate of drug-likeness (QED) is 0.0986. The average molecular weight is 722 g/mol. The van der Waals surface area contributed by atoms with E-state index in [2.05, 4.69) is 0 Å². The number of halogens is 1. The number of Topliss-reactive ketones (excluding diaryl/α,β-unsaturated/α-hetero) is 3. The van der Waals surface area contributed by atoms with Crippen molar-refractivity contribution < 1.29 is 50.9 Å². The highest BCUT2D eigenvalue weighted by Gasteiger charge is 2.24. The molecule has 0 aliphatic carbocycles. The van der Waals surface area contributed by atoms with Crippen LogP contribution in [0.4, 0.5) is 4.39 Å². The summed E-state index contributed by atoms with van der Waals surface area (Å²) >= 11 is 2.35. The van der Waals surface area contributed by atoms with E-state index in [1.54, 1.807) is 31.2 Å². The molecule has 0 unspecified atom stereocenters. The monoisotopic (exact) mass is 721 g/mol. The summed E-state index contributed by atoms with van der Waals surface area (Å²) in [6.07, 6.45) is 1.08. The van der Waals surface area contributed by atoms with E-state index < -0.39 is 33.4 Å². The molecule has 4 rings (SSSR count). The molecule has 0 aliphatic rings. The molecule has 0 saturated carbocycles. The largest absolute Gasteiger partial charge is 0.493 e. The van der Waals surface area contributed by atoms with Crippen LogP contribution in [0.25, 0.3) is 20.2 Å². The number of hydrogen-bond acceptors (Lipinski definition) is 12. The summed E-state index contributed by atoms with van der Waals surface area (Å²) in [4.78, 5) is 50.0. The zero-order chi connectivity index (χ0) is 35.3. The standard InChI is InChI=1S/C33H36FNO10S3/c1-17(19(3)36)10-22(37)29-13-20-12-25(24(42-4)15-27(20)46-29)44-8-7-9-45-32-26(43-5)16-28-21(31(32)34)14-30(47-28)23(38)11-18(2)33(39)35-48(6,40)41/h12-18H,7-11H2,1-6H3,(H,35,39)/t17-,18-/m0/s1. The predicted molar refractivity (Wildman–Crippen MR) is 182 cm³/mol. The molecule has 48 heavy (non-hydrogen) atoms. The topological polar surface area (TPSA) is 151 Å². The zero-order valence-corrected chi connectivity index (χ0v) is 29.7. The Bertz CT molecular complexity index is 1980. The van der Waals surface area contributed by atoms with Crippen molar-refractivity contribution in [2.24, 2.45) is 11.8 Å². The minimum atomic E-state index is -3.77. The summed E-state index contributed by atoms with van der Waals surface area (Å²) in [7, 11) is -0.889. The van der Waals surface area contributed by atoms with Gasteiger partial charge in [-0.3, -0.25) is 23.9 Å². The maximum absolute atomic E-state index is 15.6. The van der Waals surface area contributed by atoms with Crippen LogP contribution >= 0.6 is 22.7 Å². The van der Waals surface area contributed by atoms with Gasteiger partial charge in [0.1, 0.15) is 5.78 Å². The van der Waals surface area contributed by atoms with Gasteiger partial charge in [0.25, 0.3) is 0 Å². The first-order valence-corrected chi connectivity index (χ1v) is 18.4. The molecule has 0 spiro atoms. The molecule has 1 amide bonds. The molecular weight excluding hydrogens is 686 g/mol. The molecule has 0 bridgehead atoms. The fourth-order valence-electron chi connectivity index (χ4n) is 4.67. The minimum Gasteiger partial charge on any atom is -0.493 e. The molecule has 0 fully saturated rings. The van der Waals surface area contributed by atoms with Crippen LogP contribution in [0.2, 0.25) is 0 Å². The van der Waals surface area contributed by atoms with Crippen molar-refractivity contribution in [3.63, 3.8) is 0 Å². The summed E-state index contributed by atoms with van der Waals surface area (Å²) < 4.78 is 64.0. The van der Waals surface area contributed by atoms with E-state index in [0.717, 1.165) is 27.7 Å². The van der Waals surface area contributed by atoms with Crippen molar-refractivity contribution >= 4 is 76.1 Å². The second kappa shape index (κ2) is 15.4. The van der Waals surface area contributed by atoms with Crippen LogP contribution in [-0.2, 0) is 19.6 Å². The molecule has 0 aliphatic heterocycles. The van der Waals surface area contributed by atoms with E-state index in [4.69, 9.17) is 18.9 Å². The van der Waals surface area contributed by atoms with Crippen LogP contribution in [0.15, 0.2) is 30.3 Å². The van der Waals surface area contributed by atoms with Gasteiger partial charge >= 0.3 is 0 Å². The Morgan fingerprint density at radius 3 is 2.02 bits per heavy atom. The Morgan fingerprint density at radius 1 is 0.812 bits per heavy atom. The smallest absolute Gasteiger partial charge is 0.236 e. The Morgan fingerprint density at radius 2 is 1.40 bits per heavy atom. The Hall–Kier alpha value is -4.08. The van der Waals surface area contributed by atoms with Crippen molar-refractivity contribution in [1.29, 1.82) is 0 Å². The lowest BCUT2D eigenvalue weighted by Gasteiger charge is -2.13. The third-order valence-electron chi connectivity index (χ3n) is 7.46. The molecule has 0 radical (unpaired) electrons. The fourth-order valence-corrected chi connectivity index (χ4v) is 7.30. The molecule has 258 valence electrons. The maximum atomic E-state index is 15.6. The van der Waals surface area contributed by atoms with Crippen molar-refractivity contribution in [3.05, 3.63) is 45.9 Å². The summed E-state index contributed by atoms with van der Waals surface area (Å²) in [5.74, 6) is -2.42.